The van der Waals surface area contributed by atoms with E-state index in [0.717, 1.165) is 6.07 Å². The average Bonchev–Trinajstić information content (AvgIpc) is 2.41. The minimum atomic E-state index is -0.890. The topological polar surface area (TPSA) is 12.0 Å². The number of hydrogen-bond donors (Lipinski definition) is 1. The first kappa shape index (κ1) is 14.6. The molecule has 0 amide bonds. The lowest BCUT2D eigenvalue weighted by Gasteiger charge is -2.19. The molecule has 106 valence electrons. The third-order valence-electron chi connectivity index (χ3n) is 3.37. The Kier molecular flexibility index (Phi) is 4.14. The Hall–Kier alpha value is -1.81. The molecule has 0 radical (unpaired) electrons. The van der Waals surface area contributed by atoms with Crippen LogP contribution in [-0.2, 0) is 0 Å². The molecular formula is C16H16F3N. The molecule has 2 rings (SSSR count). The van der Waals surface area contributed by atoms with Gasteiger partial charge in [0.1, 0.15) is 5.82 Å². The fourth-order valence-electron chi connectivity index (χ4n) is 2.39. The van der Waals surface area contributed by atoms with Crippen LogP contribution >= 0.6 is 0 Å². The van der Waals surface area contributed by atoms with Gasteiger partial charge in [-0.3, -0.25) is 0 Å². The highest BCUT2D eigenvalue weighted by molar-refractivity contribution is 5.38. The highest BCUT2D eigenvalue weighted by Crippen LogP contribution is 2.28. The molecule has 0 saturated carbocycles. The molecule has 20 heavy (non-hydrogen) atoms. The van der Waals surface area contributed by atoms with Gasteiger partial charge in [0, 0.05) is 5.56 Å². The number of hydrogen-bond acceptors (Lipinski definition) is 1. The van der Waals surface area contributed by atoms with Crippen LogP contribution in [0.4, 0.5) is 13.2 Å². The molecule has 0 heterocycles. The first-order valence-electron chi connectivity index (χ1n) is 6.33. The van der Waals surface area contributed by atoms with Crippen molar-refractivity contribution in [2.24, 2.45) is 0 Å². The monoisotopic (exact) mass is 279 g/mol. The normalized spacial score (nSPS) is 12.5. The number of aryl methyl sites for hydroxylation is 2. The Morgan fingerprint density at radius 2 is 1.55 bits per heavy atom. The number of rotatable bonds is 3. The van der Waals surface area contributed by atoms with E-state index in [1.807, 2.05) is 0 Å². The Bertz CT molecular complexity index is 615. The van der Waals surface area contributed by atoms with Crippen molar-refractivity contribution in [1.82, 2.24) is 5.32 Å². The van der Waals surface area contributed by atoms with Crippen molar-refractivity contribution in [1.29, 1.82) is 0 Å². The summed E-state index contributed by atoms with van der Waals surface area (Å²) in [5.74, 6) is -2.05. The van der Waals surface area contributed by atoms with Crippen molar-refractivity contribution in [2.75, 3.05) is 7.05 Å². The van der Waals surface area contributed by atoms with Gasteiger partial charge in [-0.15, -0.1) is 0 Å². The summed E-state index contributed by atoms with van der Waals surface area (Å²) in [4.78, 5) is 0. The van der Waals surface area contributed by atoms with Gasteiger partial charge in [-0.2, -0.15) is 0 Å². The van der Waals surface area contributed by atoms with E-state index >= 15 is 0 Å². The van der Waals surface area contributed by atoms with Crippen LogP contribution in [0.3, 0.4) is 0 Å². The van der Waals surface area contributed by atoms with Crippen molar-refractivity contribution in [2.45, 2.75) is 19.9 Å². The first-order chi connectivity index (χ1) is 9.45. The SMILES string of the molecule is CNC(c1cc(C)c(F)c(C)c1)c1cccc(F)c1F. The second kappa shape index (κ2) is 5.67. The maximum absolute atomic E-state index is 13.9. The summed E-state index contributed by atoms with van der Waals surface area (Å²) < 4.78 is 40.9. The second-order valence-electron chi connectivity index (χ2n) is 4.83. The lowest BCUT2D eigenvalue weighted by atomic mass is 9.95. The molecule has 0 bridgehead atoms. The molecular weight excluding hydrogens is 263 g/mol. The smallest absolute Gasteiger partial charge is 0.163 e. The number of halogens is 3. The second-order valence-corrected chi connectivity index (χ2v) is 4.83. The van der Waals surface area contributed by atoms with E-state index in [4.69, 9.17) is 0 Å². The number of nitrogens with one attached hydrogen (secondary N) is 1. The van der Waals surface area contributed by atoms with Crippen molar-refractivity contribution < 1.29 is 13.2 Å². The summed E-state index contributed by atoms with van der Waals surface area (Å²) in [5.41, 5.74) is 1.88. The standard InChI is InChI=1S/C16H16F3N/c1-9-7-11(8-10(2)14(9)18)16(20-3)12-5-4-6-13(17)15(12)19/h4-8,16,20H,1-3H3. The fraction of sp³-hybridized carbons (Fsp3) is 0.250. The van der Waals surface area contributed by atoms with Gasteiger partial charge in [-0.05, 0) is 43.7 Å². The van der Waals surface area contributed by atoms with Crippen LogP contribution in [0, 0.1) is 31.3 Å². The molecule has 0 fully saturated rings. The molecule has 0 saturated heterocycles. The highest BCUT2D eigenvalue weighted by Gasteiger charge is 2.20. The maximum atomic E-state index is 13.9. The first-order valence-corrected chi connectivity index (χ1v) is 6.33. The van der Waals surface area contributed by atoms with Gasteiger partial charge < -0.3 is 5.32 Å². The van der Waals surface area contributed by atoms with Crippen molar-refractivity contribution in [3.63, 3.8) is 0 Å². The third-order valence-corrected chi connectivity index (χ3v) is 3.37. The van der Waals surface area contributed by atoms with E-state index in [1.165, 1.54) is 12.1 Å². The molecule has 2 aromatic rings. The highest BCUT2D eigenvalue weighted by atomic mass is 19.2. The van der Waals surface area contributed by atoms with Crippen LogP contribution in [0.15, 0.2) is 30.3 Å². The lowest BCUT2D eigenvalue weighted by molar-refractivity contribution is 0.487. The van der Waals surface area contributed by atoms with Crippen molar-refractivity contribution in [3.8, 4) is 0 Å². The summed E-state index contributed by atoms with van der Waals surface area (Å²) in [6, 6.07) is 6.83. The van der Waals surface area contributed by atoms with E-state index in [-0.39, 0.29) is 11.4 Å². The number of benzene rings is 2. The molecule has 2 aromatic carbocycles. The Morgan fingerprint density at radius 1 is 0.950 bits per heavy atom. The largest absolute Gasteiger partial charge is 0.309 e. The van der Waals surface area contributed by atoms with Crippen LogP contribution < -0.4 is 5.32 Å². The average molecular weight is 279 g/mol. The summed E-state index contributed by atoms with van der Waals surface area (Å²) >= 11 is 0. The Balaban J connectivity index is 2.55. The van der Waals surface area contributed by atoms with Crippen LogP contribution in [0.5, 0.6) is 0 Å². The molecule has 1 nitrogen and oxygen atoms in total. The minimum Gasteiger partial charge on any atom is -0.309 e. The van der Waals surface area contributed by atoms with Crippen molar-refractivity contribution in [3.05, 3.63) is 70.0 Å². The molecule has 0 aliphatic rings. The Morgan fingerprint density at radius 3 is 2.10 bits per heavy atom. The van der Waals surface area contributed by atoms with E-state index in [0.29, 0.717) is 16.7 Å². The molecule has 0 aliphatic carbocycles. The van der Waals surface area contributed by atoms with Crippen LogP contribution in [0.2, 0.25) is 0 Å². The maximum Gasteiger partial charge on any atom is 0.163 e. The molecule has 0 aromatic heterocycles. The van der Waals surface area contributed by atoms with Crippen LogP contribution in [0.25, 0.3) is 0 Å². The third kappa shape index (κ3) is 2.56. The summed E-state index contributed by atoms with van der Waals surface area (Å²) in [6.45, 7) is 3.31. The molecule has 0 spiro atoms. The van der Waals surface area contributed by atoms with Gasteiger partial charge in [0.2, 0.25) is 0 Å². The van der Waals surface area contributed by atoms with Gasteiger partial charge in [0.25, 0.3) is 0 Å². The van der Waals surface area contributed by atoms with Gasteiger partial charge in [0.15, 0.2) is 11.6 Å². The van der Waals surface area contributed by atoms with Crippen LogP contribution in [0.1, 0.15) is 28.3 Å². The quantitative estimate of drug-likeness (QED) is 0.894. The molecule has 1 N–H and O–H groups in total. The van der Waals surface area contributed by atoms with E-state index in [2.05, 4.69) is 5.32 Å². The Labute approximate surface area is 116 Å². The fourth-order valence-corrected chi connectivity index (χ4v) is 2.39. The van der Waals surface area contributed by atoms with Crippen molar-refractivity contribution >= 4 is 0 Å². The summed E-state index contributed by atoms with van der Waals surface area (Å²) in [5, 5.41) is 2.95. The summed E-state index contributed by atoms with van der Waals surface area (Å²) in [6.07, 6.45) is 0. The van der Waals surface area contributed by atoms with E-state index in [1.54, 1.807) is 33.0 Å². The lowest BCUT2D eigenvalue weighted by Crippen LogP contribution is -2.20. The predicted octanol–water partition coefficient (Wildman–Crippen LogP) is 4.03. The minimum absolute atomic E-state index is 0.206. The molecule has 1 atom stereocenters. The van der Waals surface area contributed by atoms with Gasteiger partial charge in [-0.25, -0.2) is 13.2 Å². The zero-order valence-corrected chi connectivity index (χ0v) is 11.6. The van der Waals surface area contributed by atoms with Crippen LogP contribution in [-0.4, -0.2) is 7.05 Å². The molecule has 4 heteroatoms. The van der Waals surface area contributed by atoms with E-state index < -0.39 is 17.7 Å². The molecule has 0 aliphatic heterocycles. The van der Waals surface area contributed by atoms with Gasteiger partial charge in [0.05, 0.1) is 6.04 Å². The van der Waals surface area contributed by atoms with Gasteiger partial charge in [-0.1, -0.05) is 24.3 Å². The van der Waals surface area contributed by atoms with E-state index in [9.17, 15) is 13.2 Å². The molecule has 1 unspecified atom stereocenters. The summed E-state index contributed by atoms with van der Waals surface area (Å²) in [7, 11) is 1.66. The zero-order valence-electron chi connectivity index (χ0n) is 11.6. The zero-order chi connectivity index (χ0) is 14.9. The predicted molar refractivity (Wildman–Crippen MR) is 73.1 cm³/mol. The van der Waals surface area contributed by atoms with Gasteiger partial charge >= 0.3 is 0 Å².